The lowest BCUT2D eigenvalue weighted by atomic mass is 10.0. The van der Waals surface area contributed by atoms with Crippen molar-refractivity contribution in [1.82, 2.24) is 15.2 Å². The SMILES string of the molecule is CN=C(NCc1coc(-c2ccc(C)cc2)n1)N1CCOC(c2ccccc2C)C1.I. The Morgan fingerprint density at radius 1 is 1.16 bits per heavy atom. The topological polar surface area (TPSA) is 62.9 Å². The number of morpholine rings is 1. The molecule has 1 saturated heterocycles. The number of nitrogens with zero attached hydrogens (tertiary/aromatic N) is 3. The number of nitrogens with one attached hydrogen (secondary N) is 1. The second kappa shape index (κ2) is 10.8. The van der Waals surface area contributed by atoms with Crippen LogP contribution in [0.3, 0.4) is 0 Å². The molecule has 2 aromatic carbocycles. The van der Waals surface area contributed by atoms with Gasteiger partial charge in [-0.05, 0) is 37.1 Å². The van der Waals surface area contributed by atoms with Crippen molar-refractivity contribution in [2.75, 3.05) is 26.7 Å². The maximum absolute atomic E-state index is 6.04. The molecule has 0 bridgehead atoms. The third-order valence-corrected chi connectivity index (χ3v) is 5.39. The van der Waals surface area contributed by atoms with Gasteiger partial charge in [0.25, 0.3) is 0 Å². The summed E-state index contributed by atoms with van der Waals surface area (Å²) < 4.78 is 11.7. The average Bonchev–Trinajstić information content (AvgIpc) is 3.24. The first-order chi connectivity index (χ1) is 14.6. The van der Waals surface area contributed by atoms with Gasteiger partial charge in [-0.15, -0.1) is 24.0 Å². The highest BCUT2D eigenvalue weighted by Gasteiger charge is 2.25. The molecule has 0 amide bonds. The number of hydrogen-bond donors (Lipinski definition) is 1. The molecule has 7 heteroatoms. The monoisotopic (exact) mass is 532 g/mol. The zero-order valence-corrected chi connectivity index (χ0v) is 20.5. The van der Waals surface area contributed by atoms with E-state index in [1.165, 1.54) is 16.7 Å². The van der Waals surface area contributed by atoms with Crippen molar-refractivity contribution in [3.8, 4) is 11.5 Å². The predicted molar refractivity (Wildman–Crippen MR) is 134 cm³/mol. The van der Waals surface area contributed by atoms with Crippen LogP contribution in [0.1, 0.15) is 28.5 Å². The lowest BCUT2D eigenvalue weighted by Crippen LogP contribution is -2.48. The summed E-state index contributed by atoms with van der Waals surface area (Å²) in [7, 11) is 1.81. The largest absolute Gasteiger partial charge is 0.444 e. The van der Waals surface area contributed by atoms with Gasteiger partial charge in [0.05, 0.1) is 25.4 Å². The number of hydrogen-bond acceptors (Lipinski definition) is 4. The molecule has 0 saturated carbocycles. The van der Waals surface area contributed by atoms with Gasteiger partial charge < -0.3 is 19.4 Å². The van der Waals surface area contributed by atoms with E-state index in [0.29, 0.717) is 19.0 Å². The Hall–Kier alpha value is -2.39. The van der Waals surface area contributed by atoms with Gasteiger partial charge in [-0.3, -0.25) is 4.99 Å². The standard InChI is InChI=1S/C24H28N4O2.HI/c1-17-8-10-19(11-9-17)23-27-20(16-30-23)14-26-24(25-3)28-12-13-29-22(15-28)21-7-5-4-6-18(21)2;/h4-11,16,22H,12-15H2,1-3H3,(H,25,26);1H. The summed E-state index contributed by atoms with van der Waals surface area (Å²) in [6, 6.07) is 16.6. The Balaban J connectivity index is 0.00000272. The van der Waals surface area contributed by atoms with E-state index >= 15 is 0 Å². The first-order valence-corrected chi connectivity index (χ1v) is 10.3. The summed E-state index contributed by atoms with van der Waals surface area (Å²) in [5, 5.41) is 3.41. The summed E-state index contributed by atoms with van der Waals surface area (Å²) in [5.41, 5.74) is 5.52. The molecule has 6 nitrogen and oxygen atoms in total. The summed E-state index contributed by atoms with van der Waals surface area (Å²) in [4.78, 5) is 11.3. The molecule has 31 heavy (non-hydrogen) atoms. The van der Waals surface area contributed by atoms with Crippen molar-refractivity contribution in [3.63, 3.8) is 0 Å². The van der Waals surface area contributed by atoms with Gasteiger partial charge in [0, 0.05) is 19.2 Å². The number of ether oxygens (including phenoxy) is 1. The van der Waals surface area contributed by atoms with Crippen LogP contribution in [0.2, 0.25) is 0 Å². The van der Waals surface area contributed by atoms with E-state index < -0.39 is 0 Å². The molecule has 0 aliphatic carbocycles. The summed E-state index contributed by atoms with van der Waals surface area (Å²) in [5.74, 6) is 1.48. The third-order valence-electron chi connectivity index (χ3n) is 5.39. The molecule has 3 aromatic rings. The molecule has 1 unspecified atom stereocenters. The van der Waals surface area contributed by atoms with Crippen LogP contribution >= 0.6 is 24.0 Å². The van der Waals surface area contributed by atoms with Crippen LogP contribution in [0.25, 0.3) is 11.5 Å². The van der Waals surface area contributed by atoms with Crippen LogP contribution in [0, 0.1) is 13.8 Å². The van der Waals surface area contributed by atoms with Crippen molar-refractivity contribution < 1.29 is 9.15 Å². The number of oxazole rings is 1. The maximum Gasteiger partial charge on any atom is 0.226 e. The molecule has 1 fully saturated rings. The van der Waals surface area contributed by atoms with Crippen LogP contribution in [0.4, 0.5) is 0 Å². The van der Waals surface area contributed by atoms with Gasteiger partial charge >= 0.3 is 0 Å². The molecule has 0 radical (unpaired) electrons. The molecule has 2 heterocycles. The average molecular weight is 532 g/mol. The van der Waals surface area contributed by atoms with Crippen molar-refractivity contribution >= 4 is 29.9 Å². The summed E-state index contributed by atoms with van der Waals surface area (Å²) in [6.45, 7) is 6.97. The molecule has 4 rings (SSSR count). The zero-order chi connectivity index (χ0) is 20.9. The van der Waals surface area contributed by atoms with Crippen molar-refractivity contribution in [1.29, 1.82) is 0 Å². The van der Waals surface area contributed by atoms with Crippen molar-refractivity contribution in [2.45, 2.75) is 26.5 Å². The van der Waals surface area contributed by atoms with E-state index in [4.69, 9.17) is 9.15 Å². The molecule has 1 atom stereocenters. The van der Waals surface area contributed by atoms with Gasteiger partial charge in [0.2, 0.25) is 5.89 Å². The highest BCUT2D eigenvalue weighted by Crippen LogP contribution is 2.25. The van der Waals surface area contributed by atoms with Crippen LogP contribution in [0.15, 0.2) is 64.2 Å². The fourth-order valence-corrected chi connectivity index (χ4v) is 3.70. The minimum absolute atomic E-state index is 0. The lowest BCUT2D eigenvalue weighted by molar-refractivity contribution is -0.00834. The Labute approximate surface area is 200 Å². The molecule has 1 aliphatic heterocycles. The van der Waals surface area contributed by atoms with Crippen LogP contribution in [-0.2, 0) is 11.3 Å². The number of aliphatic imine (C=N–C) groups is 1. The molecule has 1 N–H and O–H groups in total. The minimum Gasteiger partial charge on any atom is -0.444 e. The van der Waals surface area contributed by atoms with E-state index in [0.717, 1.165) is 30.3 Å². The number of aromatic nitrogens is 1. The number of aryl methyl sites for hydroxylation is 2. The van der Waals surface area contributed by atoms with E-state index in [9.17, 15) is 0 Å². The second-order valence-electron chi connectivity index (χ2n) is 7.57. The number of rotatable bonds is 4. The number of halogens is 1. The smallest absolute Gasteiger partial charge is 0.226 e. The fraction of sp³-hybridized carbons (Fsp3) is 0.333. The van der Waals surface area contributed by atoms with E-state index in [-0.39, 0.29) is 30.1 Å². The van der Waals surface area contributed by atoms with E-state index in [1.807, 2.05) is 12.1 Å². The second-order valence-corrected chi connectivity index (χ2v) is 7.57. The molecular weight excluding hydrogens is 503 g/mol. The highest BCUT2D eigenvalue weighted by molar-refractivity contribution is 14.0. The van der Waals surface area contributed by atoms with Crippen LogP contribution in [0.5, 0.6) is 0 Å². The van der Waals surface area contributed by atoms with E-state index in [2.05, 4.69) is 70.4 Å². The van der Waals surface area contributed by atoms with Gasteiger partial charge in [-0.25, -0.2) is 4.98 Å². The van der Waals surface area contributed by atoms with Crippen molar-refractivity contribution in [3.05, 3.63) is 77.2 Å². The molecule has 0 spiro atoms. The Bertz CT molecular complexity index is 1020. The molecular formula is C24H29IN4O2. The normalized spacial score (nSPS) is 16.7. The summed E-state index contributed by atoms with van der Waals surface area (Å²) >= 11 is 0. The third kappa shape index (κ3) is 5.65. The Morgan fingerprint density at radius 2 is 1.94 bits per heavy atom. The highest BCUT2D eigenvalue weighted by atomic mass is 127. The Morgan fingerprint density at radius 3 is 2.68 bits per heavy atom. The van der Waals surface area contributed by atoms with Crippen molar-refractivity contribution in [2.24, 2.45) is 4.99 Å². The fourth-order valence-electron chi connectivity index (χ4n) is 3.70. The zero-order valence-electron chi connectivity index (χ0n) is 18.2. The minimum atomic E-state index is 0. The summed E-state index contributed by atoms with van der Waals surface area (Å²) in [6.07, 6.45) is 1.74. The van der Waals surface area contributed by atoms with Crippen LogP contribution in [-0.4, -0.2) is 42.6 Å². The number of guanidine groups is 1. The lowest BCUT2D eigenvalue weighted by Gasteiger charge is -2.35. The van der Waals surface area contributed by atoms with Crippen LogP contribution < -0.4 is 5.32 Å². The molecule has 1 aliphatic rings. The van der Waals surface area contributed by atoms with Gasteiger partial charge in [-0.1, -0.05) is 42.0 Å². The van der Waals surface area contributed by atoms with Gasteiger partial charge in [0.1, 0.15) is 12.4 Å². The first kappa shape index (κ1) is 23.3. The van der Waals surface area contributed by atoms with Gasteiger partial charge in [0.15, 0.2) is 5.96 Å². The molecule has 164 valence electrons. The number of benzene rings is 2. The van der Waals surface area contributed by atoms with E-state index in [1.54, 1.807) is 13.3 Å². The first-order valence-electron chi connectivity index (χ1n) is 10.3. The van der Waals surface area contributed by atoms with Gasteiger partial charge in [-0.2, -0.15) is 0 Å². The quantitative estimate of drug-likeness (QED) is 0.299. The predicted octanol–water partition coefficient (Wildman–Crippen LogP) is 4.73. The molecule has 1 aromatic heterocycles. The Kier molecular flexibility index (Phi) is 8.09. The maximum atomic E-state index is 6.04.